The highest BCUT2D eigenvalue weighted by molar-refractivity contribution is 6.38. The molecule has 1 heterocycles. The molecule has 1 unspecified atom stereocenters. The molecule has 3 aromatic rings. The van der Waals surface area contributed by atoms with Gasteiger partial charge in [-0.15, -0.1) is 0 Å². The summed E-state index contributed by atoms with van der Waals surface area (Å²) >= 11 is 6.68. The Labute approximate surface area is 199 Å². The number of halogens is 1. The van der Waals surface area contributed by atoms with E-state index in [0.717, 1.165) is 48.8 Å². The molecule has 0 N–H and O–H groups in total. The number of hydrogen-bond donors (Lipinski definition) is 0. The maximum atomic E-state index is 13.7. The van der Waals surface area contributed by atoms with E-state index in [1.165, 1.54) is 39.6 Å². The standard InChI is InChI=1S/C30H28ClNO/c1-19-8-11-26(30(33)27-13-10-21(18-28(27)31)32-16-4-5-17-32)25-15-14-23-22-7-3-2-6-20(22)9-12-24(23)29(19)25/h2-3,6-7,9-10,13-15,18-19H,4-5,8,11-12,16-17H2,1H3. The summed E-state index contributed by atoms with van der Waals surface area (Å²) in [5, 5.41) is 5.62. The van der Waals surface area contributed by atoms with Gasteiger partial charge in [0.25, 0.3) is 0 Å². The Morgan fingerprint density at radius 2 is 1.76 bits per heavy atom. The fourth-order valence-electron chi connectivity index (χ4n) is 5.99. The molecule has 0 spiro atoms. The van der Waals surface area contributed by atoms with Crippen molar-refractivity contribution in [3.05, 3.63) is 97.2 Å². The van der Waals surface area contributed by atoms with Crippen molar-refractivity contribution in [2.75, 3.05) is 18.0 Å². The number of Topliss-reactive ketones (excluding diaryl/α,β-unsaturated/α-hetero) is 1. The van der Waals surface area contributed by atoms with Crippen molar-refractivity contribution in [1.29, 1.82) is 0 Å². The Kier molecular flexibility index (Phi) is 5.14. The topological polar surface area (TPSA) is 20.3 Å². The fraction of sp³-hybridized carbons (Fsp3) is 0.300. The van der Waals surface area contributed by atoms with Gasteiger partial charge in [0.1, 0.15) is 0 Å². The second kappa shape index (κ2) is 8.18. The number of hydrogen-bond acceptors (Lipinski definition) is 2. The molecule has 3 aromatic carbocycles. The van der Waals surface area contributed by atoms with Gasteiger partial charge in [0.15, 0.2) is 5.78 Å². The normalized spacial score (nSPS) is 18.9. The van der Waals surface area contributed by atoms with E-state index >= 15 is 0 Å². The smallest absolute Gasteiger partial charge is 0.191 e. The summed E-state index contributed by atoms with van der Waals surface area (Å²) in [5.41, 5.74) is 5.42. The van der Waals surface area contributed by atoms with Crippen molar-refractivity contribution in [1.82, 2.24) is 0 Å². The monoisotopic (exact) mass is 453 g/mol. The molecule has 0 radical (unpaired) electrons. The lowest BCUT2D eigenvalue weighted by atomic mass is 9.78. The first kappa shape index (κ1) is 20.7. The number of benzene rings is 3. The van der Waals surface area contributed by atoms with Crippen LogP contribution in [0.5, 0.6) is 0 Å². The lowest BCUT2D eigenvalue weighted by Crippen LogP contribution is -2.27. The van der Waals surface area contributed by atoms with Gasteiger partial charge in [-0.05, 0) is 88.2 Å². The number of carbonyl (C=O) groups excluding carboxylic acids is 1. The SMILES string of the molecule is CC1CCC(C(=O)c2ccc(N3CCCC3)cc2Cl)=c2ccc3c(c21)CC=c1ccccc1=3. The third-order valence-electron chi connectivity index (χ3n) is 7.72. The number of rotatable bonds is 3. The number of ketones is 1. The van der Waals surface area contributed by atoms with Crippen molar-refractivity contribution < 1.29 is 4.79 Å². The summed E-state index contributed by atoms with van der Waals surface area (Å²) < 4.78 is 0. The minimum atomic E-state index is 0.0845. The summed E-state index contributed by atoms with van der Waals surface area (Å²) in [6.07, 6.45) is 7.49. The summed E-state index contributed by atoms with van der Waals surface area (Å²) in [6, 6.07) is 19.0. The molecule has 3 heteroatoms. The van der Waals surface area contributed by atoms with Crippen LogP contribution in [-0.4, -0.2) is 18.9 Å². The van der Waals surface area contributed by atoms with E-state index in [1.54, 1.807) is 0 Å². The zero-order chi connectivity index (χ0) is 22.5. The van der Waals surface area contributed by atoms with Gasteiger partial charge in [-0.25, -0.2) is 0 Å². The van der Waals surface area contributed by atoms with E-state index in [-0.39, 0.29) is 5.78 Å². The highest BCUT2D eigenvalue weighted by Gasteiger charge is 2.26. The van der Waals surface area contributed by atoms with E-state index in [1.807, 2.05) is 12.1 Å². The number of carbonyl (C=O) groups is 1. The van der Waals surface area contributed by atoms with Crippen molar-refractivity contribution in [3.8, 4) is 0 Å². The van der Waals surface area contributed by atoms with E-state index in [0.29, 0.717) is 16.5 Å². The van der Waals surface area contributed by atoms with Crippen LogP contribution in [0, 0.1) is 10.4 Å². The van der Waals surface area contributed by atoms with Gasteiger partial charge >= 0.3 is 0 Å². The molecule has 1 aliphatic heterocycles. The Bertz CT molecular complexity index is 1500. The summed E-state index contributed by atoms with van der Waals surface area (Å²) in [6.45, 7) is 4.44. The zero-order valence-electron chi connectivity index (χ0n) is 19.0. The van der Waals surface area contributed by atoms with Crippen LogP contribution < -0.4 is 15.3 Å². The van der Waals surface area contributed by atoms with Gasteiger partial charge in [-0.2, -0.15) is 0 Å². The van der Waals surface area contributed by atoms with Gasteiger partial charge < -0.3 is 4.90 Å². The first-order valence-corrected chi connectivity index (χ1v) is 12.5. The van der Waals surface area contributed by atoms with E-state index in [9.17, 15) is 4.79 Å². The molecule has 0 aromatic heterocycles. The van der Waals surface area contributed by atoms with Crippen molar-refractivity contribution in [2.45, 2.75) is 44.9 Å². The maximum absolute atomic E-state index is 13.7. The number of anilines is 1. The third-order valence-corrected chi connectivity index (χ3v) is 8.03. The minimum Gasteiger partial charge on any atom is -0.371 e. The molecule has 0 bridgehead atoms. The van der Waals surface area contributed by atoms with Crippen LogP contribution in [0.15, 0.2) is 54.6 Å². The highest BCUT2D eigenvalue weighted by atomic mass is 35.5. The van der Waals surface area contributed by atoms with Gasteiger partial charge in [0, 0.05) is 29.9 Å². The average Bonchev–Trinajstić information content (AvgIpc) is 3.38. The molecule has 3 aliphatic rings. The molecule has 6 rings (SSSR count). The van der Waals surface area contributed by atoms with Crippen LogP contribution in [0.4, 0.5) is 5.69 Å². The second-order valence-corrected chi connectivity index (χ2v) is 10.1. The number of fused-ring (bicyclic) bond motifs is 4. The molecule has 166 valence electrons. The van der Waals surface area contributed by atoms with Gasteiger partial charge in [0.05, 0.1) is 5.02 Å². The van der Waals surface area contributed by atoms with Crippen LogP contribution in [-0.2, 0) is 6.42 Å². The lowest BCUT2D eigenvalue weighted by molar-refractivity contribution is 0.105. The molecule has 33 heavy (non-hydrogen) atoms. The first-order valence-electron chi connectivity index (χ1n) is 12.2. The van der Waals surface area contributed by atoms with E-state index in [2.05, 4.69) is 60.4 Å². The molecule has 0 saturated carbocycles. The summed E-state index contributed by atoms with van der Waals surface area (Å²) in [5.74, 6) is 0.527. The molecule has 1 saturated heterocycles. The third kappa shape index (κ3) is 3.43. The van der Waals surface area contributed by atoms with Gasteiger partial charge in [-0.3, -0.25) is 4.79 Å². The average molecular weight is 454 g/mol. The Morgan fingerprint density at radius 1 is 0.970 bits per heavy atom. The van der Waals surface area contributed by atoms with Crippen LogP contribution in [0.3, 0.4) is 0 Å². The first-order chi connectivity index (χ1) is 16.1. The molecule has 1 fully saturated rings. The predicted octanol–water partition coefficient (Wildman–Crippen LogP) is 5.49. The molecule has 0 amide bonds. The van der Waals surface area contributed by atoms with Crippen LogP contribution in [0.2, 0.25) is 5.02 Å². The fourth-order valence-corrected chi connectivity index (χ4v) is 6.25. The molecular formula is C30H28ClNO. The van der Waals surface area contributed by atoms with Crippen molar-refractivity contribution in [2.24, 2.45) is 0 Å². The zero-order valence-corrected chi connectivity index (χ0v) is 19.8. The molecule has 2 nitrogen and oxygen atoms in total. The van der Waals surface area contributed by atoms with Crippen molar-refractivity contribution >= 4 is 34.7 Å². The quantitative estimate of drug-likeness (QED) is 0.488. The molecule has 2 aliphatic carbocycles. The second-order valence-electron chi connectivity index (χ2n) is 9.65. The maximum Gasteiger partial charge on any atom is 0.191 e. The largest absolute Gasteiger partial charge is 0.371 e. The van der Waals surface area contributed by atoms with Crippen molar-refractivity contribution in [3.63, 3.8) is 0 Å². The minimum absolute atomic E-state index is 0.0845. The predicted molar refractivity (Wildman–Crippen MR) is 136 cm³/mol. The van der Waals surface area contributed by atoms with Crippen LogP contribution >= 0.6 is 11.6 Å². The van der Waals surface area contributed by atoms with E-state index < -0.39 is 0 Å². The summed E-state index contributed by atoms with van der Waals surface area (Å²) in [7, 11) is 0. The van der Waals surface area contributed by atoms with Gasteiger partial charge in [0.2, 0.25) is 0 Å². The van der Waals surface area contributed by atoms with Crippen LogP contribution in [0.1, 0.15) is 60.0 Å². The summed E-state index contributed by atoms with van der Waals surface area (Å²) in [4.78, 5) is 16.1. The number of nitrogens with zero attached hydrogens (tertiary/aromatic N) is 1. The van der Waals surface area contributed by atoms with Gasteiger partial charge in [-0.1, -0.05) is 61.0 Å². The lowest BCUT2D eigenvalue weighted by Gasteiger charge is -2.25. The molecular weight excluding hydrogens is 426 g/mol. The van der Waals surface area contributed by atoms with Crippen LogP contribution in [0.25, 0.3) is 11.6 Å². The van der Waals surface area contributed by atoms with E-state index in [4.69, 9.17) is 11.6 Å². The Balaban J connectivity index is 1.51. The Morgan fingerprint density at radius 3 is 2.58 bits per heavy atom. The Hall–Kier alpha value is -2.84. The highest BCUT2D eigenvalue weighted by Crippen LogP contribution is 2.33. The molecule has 1 atom stereocenters.